The van der Waals surface area contributed by atoms with Crippen LogP contribution in [0.2, 0.25) is 0 Å². The Morgan fingerprint density at radius 1 is 1.26 bits per heavy atom. The summed E-state index contributed by atoms with van der Waals surface area (Å²) in [6, 6.07) is 8.13. The third kappa shape index (κ3) is 3.90. The molecule has 3 aromatic heterocycles. The van der Waals surface area contributed by atoms with Gasteiger partial charge in [-0.25, -0.2) is 14.4 Å². The van der Waals surface area contributed by atoms with Gasteiger partial charge in [0.1, 0.15) is 17.3 Å². The highest BCUT2D eigenvalue weighted by Crippen LogP contribution is 2.32. The number of carbonyl (C=O) groups excluding carboxylic acids is 1. The standard InChI is InChI=1S/C23H22FN5OS/c1-14-27-20(13-31-14)16-10-18(25-11-16)23(30)29-8-3-2-7-21(29)22-26-12-19(28-22)15-5-4-6-17(24)9-15/h4-6,9-13,21,25H,2-3,7-8H2,1H3,(H,26,28). The van der Waals surface area contributed by atoms with Crippen LogP contribution in [0.25, 0.3) is 22.5 Å². The molecule has 1 unspecified atom stereocenters. The van der Waals surface area contributed by atoms with E-state index >= 15 is 0 Å². The number of likely N-dealkylation sites (tertiary alicyclic amines) is 1. The van der Waals surface area contributed by atoms with Gasteiger partial charge in [-0.1, -0.05) is 12.1 Å². The molecule has 1 saturated heterocycles. The van der Waals surface area contributed by atoms with Crippen LogP contribution in [-0.4, -0.2) is 37.3 Å². The molecule has 0 bridgehead atoms. The smallest absolute Gasteiger partial charge is 0.270 e. The third-order valence-electron chi connectivity index (χ3n) is 5.64. The molecule has 6 nitrogen and oxygen atoms in total. The normalized spacial score (nSPS) is 16.6. The number of piperidine rings is 1. The van der Waals surface area contributed by atoms with Gasteiger partial charge in [-0.05, 0) is 44.4 Å². The van der Waals surface area contributed by atoms with Crippen LogP contribution in [0.1, 0.15) is 46.6 Å². The van der Waals surface area contributed by atoms with E-state index in [9.17, 15) is 9.18 Å². The SMILES string of the molecule is Cc1nc(-c2c[nH]c(C(=O)N3CCCCC3c3ncc(-c4cccc(F)c4)[nH]3)c2)cs1. The van der Waals surface area contributed by atoms with Crippen molar-refractivity contribution in [2.24, 2.45) is 0 Å². The lowest BCUT2D eigenvalue weighted by Crippen LogP contribution is -2.39. The number of nitrogens with zero attached hydrogens (tertiary/aromatic N) is 3. The predicted octanol–water partition coefficient (Wildman–Crippen LogP) is 5.34. The van der Waals surface area contributed by atoms with Crippen LogP contribution in [0.4, 0.5) is 4.39 Å². The Bertz CT molecular complexity index is 1230. The van der Waals surface area contributed by atoms with Crippen LogP contribution in [0.3, 0.4) is 0 Å². The number of imidazole rings is 1. The van der Waals surface area contributed by atoms with E-state index in [2.05, 4.69) is 19.9 Å². The minimum Gasteiger partial charge on any atom is -0.357 e. The molecule has 1 amide bonds. The molecule has 4 heterocycles. The Morgan fingerprint density at radius 2 is 2.16 bits per heavy atom. The van der Waals surface area contributed by atoms with Crippen LogP contribution < -0.4 is 0 Å². The van der Waals surface area contributed by atoms with E-state index in [4.69, 9.17) is 0 Å². The quantitative estimate of drug-likeness (QED) is 0.454. The summed E-state index contributed by atoms with van der Waals surface area (Å²) in [5.74, 6) is 0.391. The lowest BCUT2D eigenvalue weighted by Gasteiger charge is -2.34. The molecule has 0 spiro atoms. The Balaban J connectivity index is 1.40. The summed E-state index contributed by atoms with van der Waals surface area (Å²) in [5, 5.41) is 2.99. The summed E-state index contributed by atoms with van der Waals surface area (Å²) >= 11 is 1.59. The number of hydrogen-bond acceptors (Lipinski definition) is 4. The molecule has 0 aliphatic carbocycles. The van der Waals surface area contributed by atoms with E-state index in [1.165, 1.54) is 12.1 Å². The highest BCUT2D eigenvalue weighted by molar-refractivity contribution is 7.09. The maximum absolute atomic E-state index is 13.6. The van der Waals surface area contributed by atoms with Crippen LogP contribution in [-0.2, 0) is 0 Å². The topological polar surface area (TPSA) is 77.7 Å². The fraction of sp³-hybridized carbons (Fsp3) is 0.261. The number of amides is 1. The van der Waals surface area contributed by atoms with E-state index in [1.54, 1.807) is 23.6 Å². The summed E-state index contributed by atoms with van der Waals surface area (Å²) in [4.78, 5) is 30.7. The summed E-state index contributed by atoms with van der Waals surface area (Å²) in [6.45, 7) is 2.64. The fourth-order valence-corrected chi connectivity index (χ4v) is 4.71. The zero-order valence-corrected chi connectivity index (χ0v) is 17.9. The second kappa shape index (κ2) is 8.11. The molecule has 1 aliphatic heterocycles. The molecule has 0 radical (unpaired) electrons. The van der Waals surface area contributed by atoms with Crippen molar-refractivity contribution in [1.82, 2.24) is 24.8 Å². The first-order valence-electron chi connectivity index (χ1n) is 10.3. The predicted molar refractivity (Wildman–Crippen MR) is 118 cm³/mol. The van der Waals surface area contributed by atoms with Crippen molar-refractivity contribution in [3.63, 3.8) is 0 Å². The molecule has 1 atom stereocenters. The van der Waals surface area contributed by atoms with Crippen molar-refractivity contribution < 1.29 is 9.18 Å². The molecule has 31 heavy (non-hydrogen) atoms. The monoisotopic (exact) mass is 435 g/mol. The summed E-state index contributed by atoms with van der Waals surface area (Å²) in [6.07, 6.45) is 6.35. The van der Waals surface area contributed by atoms with Gasteiger partial charge in [0.15, 0.2) is 0 Å². The highest BCUT2D eigenvalue weighted by Gasteiger charge is 2.31. The average Bonchev–Trinajstić information content (AvgIpc) is 3.54. The van der Waals surface area contributed by atoms with Gasteiger partial charge in [0, 0.05) is 29.2 Å². The number of thiazole rings is 1. The molecule has 0 saturated carbocycles. The molecule has 1 aromatic carbocycles. The molecule has 2 N–H and O–H groups in total. The second-order valence-electron chi connectivity index (χ2n) is 7.76. The number of carbonyl (C=O) groups is 1. The first kappa shape index (κ1) is 19.7. The van der Waals surface area contributed by atoms with Crippen molar-refractivity contribution in [1.29, 1.82) is 0 Å². The van der Waals surface area contributed by atoms with Crippen molar-refractivity contribution in [3.8, 4) is 22.5 Å². The minimum absolute atomic E-state index is 0.0494. The maximum atomic E-state index is 13.6. The Hall–Kier alpha value is -3.26. The maximum Gasteiger partial charge on any atom is 0.270 e. The molecular formula is C23H22FN5OS. The van der Waals surface area contributed by atoms with Crippen molar-refractivity contribution in [3.05, 3.63) is 70.4 Å². The average molecular weight is 436 g/mol. The van der Waals surface area contributed by atoms with Gasteiger partial charge in [-0.3, -0.25) is 4.79 Å². The minimum atomic E-state index is -0.291. The number of nitrogens with one attached hydrogen (secondary N) is 2. The molecule has 1 aliphatic rings. The van der Waals surface area contributed by atoms with Crippen LogP contribution in [0.15, 0.2) is 48.1 Å². The molecular weight excluding hydrogens is 413 g/mol. The van der Waals surface area contributed by atoms with Gasteiger partial charge < -0.3 is 14.9 Å². The molecule has 1 fully saturated rings. The van der Waals surface area contributed by atoms with Crippen LogP contribution >= 0.6 is 11.3 Å². The van der Waals surface area contributed by atoms with Crippen LogP contribution in [0, 0.1) is 12.7 Å². The first-order valence-corrected chi connectivity index (χ1v) is 11.2. The van der Waals surface area contributed by atoms with E-state index in [-0.39, 0.29) is 17.8 Å². The molecule has 158 valence electrons. The Labute approximate surface area is 183 Å². The number of benzene rings is 1. The van der Waals surface area contributed by atoms with Crippen molar-refractivity contribution in [2.75, 3.05) is 6.54 Å². The number of rotatable bonds is 4. The largest absolute Gasteiger partial charge is 0.357 e. The fourth-order valence-electron chi connectivity index (χ4n) is 4.08. The molecule has 4 aromatic rings. The summed E-state index contributed by atoms with van der Waals surface area (Å²) < 4.78 is 13.6. The van der Waals surface area contributed by atoms with Gasteiger partial charge in [0.25, 0.3) is 5.91 Å². The number of halogens is 1. The lowest BCUT2D eigenvalue weighted by molar-refractivity contribution is 0.0595. The number of H-pyrrole nitrogens is 2. The number of aryl methyl sites for hydroxylation is 1. The second-order valence-corrected chi connectivity index (χ2v) is 8.82. The van der Waals surface area contributed by atoms with Crippen molar-refractivity contribution >= 4 is 17.2 Å². The third-order valence-corrected chi connectivity index (χ3v) is 6.41. The molecule has 8 heteroatoms. The van der Waals surface area contributed by atoms with Gasteiger partial charge in [0.05, 0.1) is 28.6 Å². The lowest BCUT2D eigenvalue weighted by atomic mass is 10.0. The van der Waals surface area contributed by atoms with Gasteiger partial charge in [-0.15, -0.1) is 11.3 Å². The first-order chi connectivity index (χ1) is 15.1. The van der Waals surface area contributed by atoms with Gasteiger partial charge >= 0.3 is 0 Å². The van der Waals surface area contributed by atoms with E-state index in [0.29, 0.717) is 12.2 Å². The van der Waals surface area contributed by atoms with Crippen molar-refractivity contribution in [2.45, 2.75) is 32.2 Å². The summed E-state index contributed by atoms with van der Waals surface area (Å²) in [7, 11) is 0. The van der Waals surface area contributed by atoms with Crippen LogP contribution in [0.5, 0.6) is 0 Å². The Kier molecular flexibility index (Phi) is 5.15. The van der Waals surface area contributed by atoms with E-state index in [1.807, 2.05) is 35.5 Å². The number of aromatic amines is 2. The number of hydrogen-bond donors (Lipinski definition) is 2. The Morgan fingerprint density at radius 3 is 2.97 bits per heavy atom. The summed E-state index contributed by atoms with van der Waals surface area (Å²) in [5.41, 5.74) is 3.81. The number of aromatic nitrogens is 4. The zero-order chi connectivity index (χ0) is 21.4. The van der Waals surface area contributed by atoms with Gasteiger partial charge in [-0.2, -0.15) is 0 Å². The zero-order valence-electron chi connectivity index (χ0n) is 17.1. The van der Waals surface area contributed by atoms with E-state index in [0.717, 1.165) is 52.6 Å². The van der Waals surface area contributed by atoms with Gasteiger partial charge in [0.2, 0.25) is 0 Å². The van der Waals surface area contributed by atoms with E-state index < -0.39 is 0 Å². The highest BCUT2D eigenvalue weighted by atomic mass is 32.1. The molecule has 5 rings (SSSR count).